The van der Waals surface area contributed by atoms with E-state index in [1.165, 1.54) is 18.7 Å². The molecule has 0 aliphatic carbocycles. The number of hydrogen-bond donors (Lipinski definition) is 1. The van der Waals surface area contributed by atoms with Crippen LogP contribution in [-0.2, 0) is 13.6 Å². The molecular formula is C19H26FN5O. The molecular weight excluding hydrogens is 333 g/mol. The number of methoxy groups -OCH3 is 1. The predicted molar refractivity (Wildman–Crippen MR) is 99.9 cm³/mol. The maximum Gasteiger partial charge on any atom is 0.194 e. The minimum atomic E-state index is -0.358. The Hall–Kier alpha value is -2.57. The van der Waals surface area contributed by atoms with Crippen molar-refractivity contribution in [3.8, 4) is 5.75 Å². The van der Waals surface area contributed by atoms with E-state index < -0.39 is 0 Å². The highest BCUT2D eigenvalue weighted by Crippen LogP contribution is 2.27. The number of guanidine groups is 1. The van der Waals surface area contributed by atoms with Gasteiger partial charge in [-0.2, -0.15) is 5.10 Å². The van der Waals surface area contributed by atoms with Gasteiger partial charge in [-0.3, -0.25) is 4.68 Å². The van der Waals surface area contributed by atoms with Crippen LogP contribution >= 0.6 is 0 Å². The van der Waals surface area contributed by atoms with E-state index >= 15 is 0 Å². The van der Waals surface area contributed by atoms with Gasteiger partial charge in [-0.15, -0.1) is 0 Å². The third kappa shape index (κ3) is 4.15. The number of rotatable bonds is 5. The first-order valence-corrected chi connectivity index (χ1v) is 8.95. The summed E-state index contributed by atoms with van der Waals surface area (Å²) in [6, 6.07) is 4.97. The summed E-state index contributed by atoms with van der Waals surface area (Å²) in [5.41, 5.74) is 2.09. The molecule has 1 fully saturated rings. The zero-order valence-corrected chi connectivity index (χ0v) is 15.6. The van der Waals surface area contributed by atoms with Gasteiger partial charge >= 0.3 is 0 Å². The van der Waals surface area contributed by atoms with Gasteiger partial charge in [0.1, 0.15) is 0 Å². The second-order valence-electron chi connectivity index (χ2n) is 6.52. The largest absolute Gasteiger partial charge is 0.494 e. The van der Waals surface area contributed by atoms with E-state index in [1.54, 1.807) is 6.07 Å². The number of halogens is 1. The van der Waals surface area contributed by atoms with Gasteiger partial charge in [0.05, 0.1) is 19.9 Å². The Bertz CT molecular complexity index is 773. The molecule has 1 saturated heterocycles. The fourth-order valence-corrected chi connectivity index (χ4v) is 3.28. The number of aliphatic imine (C=N–C) groups is 1. The smallest absolute Gasteiger partial charge is 0.194 e. The first kappa shape index (κ1) is 18.2. The second kappa shape index (κ2) is 8.21. The normalized spacial score (nSPS) is 17.6. The van der Waals surface area contributed by atoms with Crippen LogP contribution in [0.1, 0.15) is 30.4 Å². The van der Waals surface area contributed by atoms with E-state index in [1.807, 2.05) is 24.0 Å². The lowest BCUT2D eigenvalue weighted by atomic mass is 10.0. The summed E-state index contributed by atoms with van der Waals surface area (Å²) < 4.78 is 20.7. The van der Waals surface area contributed by atoms with Crippen LogP contribution in [0.2, 0.25) is 0 Å². The molecule has 1 unspecified atom stereocenters. The maximum atomic E-state index is 13.9. The topological polar surface area (TPSA) is 54.7 Å². The third-order valence-corrected chi connectivity index (χ3v) is 4.65. The summed E-state index contributed by atoms with van der Waals surface area (Å²) in [5.74, 6) is 1.23. The minimum Gasteiger partial charge on any atom is -0.494 e. The summed E-state index contributed by atoms with van der Waals surface area (Å²) >= 11 is 0. The summed E-state index contributed by atoms with van der Waals surface area (Å²) in [5, 5.41) is 7.62. The molecule has 1 N–H and O–H groups in total. The van der Waals surface area contributed by atoms with Crippen molar-refractivity contribution in [2.75, 3.05) is 26.7 Å². The number of ether oxygens (including phenoxy) is 1. The van der Waals surface area contributed by atoms with Gasteiger partial charge in [0.15, 0.2) is 17.5 Å². The first-order valence-electron chi connectivity index (χ1n) is 8.95. The van der Waals surface area contributed by atoms with E-state index in [0.29, 0.717) is 12.5 Å². The molecule has 0 radical (unpaired) electrons. The molecule has 0 amide bonds. The number of hydrogen-bond acceptors (Lipinski definition) is 3. The van der Waals surface area contributed by atoms with Gasteiger partial charge < -0.3 is 15.0 Å². The van der Waals surface area contributed by atoms with Crippen molar-refractivity contribution in [3.63, 3.8) is 0 Å². The molecule has 2 aromatic rings. The van der Waals surface area contributed by atoms with Gasteiger partial charge in [0, 0.05) is 38.8 Å². The molecule has 0 bridgehead atoms. The number of likely N-dealkylation sites (tertiary alicyclic amines) is 1. The number of benzene rings is 1. The van der Waals surface area contributed by atoms with Crippen molar-refractivity contribution in [3.05, 3.63) is 47.5 Å². The number of aromatic nitrogens is 2. The Morgan fingerprint density at radius 3 is 2.96 bits per heavy atom. The highest BCUT2D eigenvalue weighted by molar-refractivity contribution is 5.80. The Kier molecular flexibility index (Phi) is 5.75. The van der Waals surface area contributed by atoms with E-state index in [0.717, 1.165) is 37.6 Å². The molecule has 1 aliphatic rings. The molecule has 1 aromatic heterocycles. The van der Waals surface area contributed by atoms with Crippen LogP contribution in [0.4, 0.5) is 4.39 Å². The summed E-state index contributed by atoms with van der Waals surface area (Å²) in [6.07, 6.45) is 5.10. The van der Waals surface area contributed by atoms with Crippen LogP contribution in [-0.4, -0.2) is 47.4 Å². The van der Waals surface area contributed by atoms with Crippen LogP contribution in [0.5, 0.6) is 5.75 Å². The van der Waals surface area contributed by atoms with Crippen molar-refractivity contribution in [2.45, 2.75) is 25.8 Å². The molecule has 7 heteroatoms. The predicted octanol–water partition coefficient (Wildman–Crippen LogP) is 2.52. The fraction of sp³-hybridized carbons (Fsp3) is 0.474. The second-order valence-corrected chi connectivity index (χ2v) is 6.52. The monoisotopic (exact) mass is 359 g/mol. The summed E-state index contributed by atoms with van der Waals surface area (Å²) in [6.45, 7) is 5.13. The summed E-state index contributed by atoms with van der Waals surface area (Å²) in [4.78, 5) is 6.96. The fourth-order valence-electron chi connectivity index (χ4n) is 3.28. The Labute approximate surface area is 153 Å². The molecule has 0 saturated carbocycles. The van der Waals surface area contributed by atoms with E-state index in [4.69, 9.17) is 9.73 Å². The van der Waals surface area contributed by atoms with Gasteiger partial charge in [0.25, 0.3) is 0 Å². The number of aryl methyl sites for hydroxylation is 1. The van der Waals surface area contributed by atoms with Crippen LogP contribution in [0.15, 0.2) is 35.6 Å². The average Bonchev–Trinajstić information content (AvgIpc) is 3.27. The van der Waals surface area contributed by atoms with Crippen molar-refractivity contribution in [2.24, 2.45) is 12.0 Å². The van der Waals surface area contributed by atoms with Crippen LogP contribution in [0.3, 0.4) is 0 Å². The number of nitrogens with zero attached hydrogens (tertiary/aromatic N) is 4. The molecule has 2 heterocycles. The molecule has 1 aliphatic heterocycles. The first-order chi connectivity index (χ1) is 12.6. The van der Waals surface area contributed by atoms with Crippen molar-refractivity contribution < 1.29 is 9.13 Å². The molecule has 26 heavy (non-hydrogen) atoms. The maximum absolute atomic E-state index is 13.9. The SMILES string of the molecule is CCNC(=NCc1ccc(OC)c(F)c1)N1CCC(c2cnn(C)c2)C1. The molecule has 1 atom stereocenters. The molecule has 6 nitrogen and oxygen atoms in total. The lowest BCUT2D eigenvalue weighted by molar-refractivity contribution is 0.386. The van der Waals surface area contributed by atoms with Crippen LogP contribution in [0, 0.1) is 5.82 Å². The van der Waals surface area contributed by atoms with Crippen molar-refractivity contribution >= 4 is 5.96 Å². The highest BCUT2D eigenvalue weighted by atomic mass is 19.1. The lowest BCUT2D eigenvalue weighted by Gasteiger charge is -2.21. The van der Waals surface area contributed by atoms with Crippen molar-refractivity contribution in [1.29, 1.82) is 0 Å². The van der Waals surface area contributed by atoms with Crippen LogP contribution < -0.4 is 10.1 Å². The zero-order chi connectivity index (χ0) is 18.5. The van der Waals surface area contributed by atoms with Crippen molar-refractivity contribution in [1.82, 2.24) is 20.0 Å². The van der Waals surface area contributed by atoms with Gasteiger partial charge in [-0.1, -0.05) is 6.07 Å². The Balaban J connectivity index is 1.68. The molecule has 140 valence electrons. The Morgan fingerprint density at radius 2 is 2.31 bits per heavy atom. The minimum absolute atomic E-state index is 0.253. The van der Waals surface area contributed by atoms with E-state index in [9.17, 15) is 4.39 Å². The van der Waals surface area contributed by atoms with Gasteiger partial charge in [0.2, 0.25) is 0 Å². The van der Waals surface area contributed by atoms with E-state index in [-0.39, 0.29) is 11.6 Å². The van der Waals surface area contributed by atoms with Gasteiger partial charge in [-0.25, -0.2) is 9.38 Å². The number of nitrogens with one attached hydrogen (secondary N) is 1. The lowest BCUT2D eigenvalue weighted by Crippen LogP contribution is -2.40. The highest BCUT2D eigenvalue weighted by Gasteiger charge is 2.26. The van der Waals surface area contributed by atoms with Crippen LogP contribution in [0.25, 0.3) is 0 Å². The summed E-state index contributed by atoms with van der Waals surface area (Å²) in [7, 11) is 3.40. The molecule has 0 spiro atoms. The molecule has 1 aromatic carbocycles. The zero-order valence-electron chi connectivity index (χ0n) is 15.6. The quantitative estimate of drug-likeness (QED) is 0.658. The standard InChI is InChI=1S/C19H26FN5O/c1-4-21-19(22-10-14-5-6-18(26-3)17(20)9-14)25-8-7-15(13-25)16-11-23-24(2)12-16/h5-6,9,11-12,15H,4,7-8,10,13H2,1-3H3,(H,21,22). The third-order valence-electron chi connectivity index (χ3n) is 4.65. The van der Waals surface area contributed by atoms with E-state index in [2.05, 4.69) is 28.4 Å². The average molecular weight is 359 g/mol. The van der Waals surface area contributed by atoms with Gasteiger partial charge in [-0.05, 0) is 36.6 Å². The molecule has 3 rings (SSSR count). The Morgan fingerprint density at radius 1 is 1.46 bits per heavy atom.